The summed E-state index contributed by atoms with van der Waals surface area (Å²) in [6.45, 7) is -0.283. The van der Waals surface area contributed by atoms with Gasteiger partial charge in [0, 0.05) is 5.56 Å². The minimum Gasteiger partial charge on any atom is -0.289 e. The van der Waals surface area contributed by atoms with Gasteiger partial charge < -0.3 is 0 Å². The number of rotatable bonds is 4. The maximum Gasteiger partial charge on any atom is 0.287 e. The largest absolute Gasteiger partial charge is 0.289 e. The quantitative estimate of drug-likeness (QED) is 0.454. The van der Waals surface area contributed by atoms with Crippen LogP contribution in [-0.4, -0.2) is 31.6 Å². The van der Waals surface area contributed by atoms with Gasteiger partial charge in [-0.25, -0.2) is 4.98 Å². The summed E-state index contributed by atoms with van der Waals surface area (Å²) >= 11 is 0. The lowest BCUT2D eigenvalue weighted by Gasteiger charge is -2.08. The summed E-state index contributed by atoms with van der Waals surface area (Å²) in [5.41, 5.74) is 6.44. The second kappa shape index (κ2) is 7.77. The highest BCUT2D eigenvalue weighted by atomic mass is 16.2. The fraction of sp³-hybridized carbons (Fsp3) is 0.0500. The van der Waals surface area contributed by atoms with Crippen LogP contribution in [0.25, 0.3) is 22.2 Å². The van der Waals surface area contributed by atoms with E-state index in [4.69, 9.17) is 0 Å². The molecule has 0 bridgehead atoms. The molecule has 0 atom stereocenters. The van der Waals surface area contributed by atoms with Crippen LogP contribution in [0.1, 0.15) is 10.5 Å². The maximum atomic E-state index is 12.4. The number of nitrogens with zero attached hydrogens (tertiary/aromatic N) is 3. The molecule has 0 fully saturated rings. The Kier molecular flexibility index (Phi) is 4.85. The molecule has 0 saturated carbocycles. The van der Waals surface area contributed by atoms with Gasteiger partial charge in [0.25, 0.3) is 17.4 Å². The summed E-state index contributed by atoms with van der Waals surface area (Å²) in [6.07, 6.45) is 1.30. The highest BCUT2D eigenvalue weighted by molar-refractivity contribution is 5.94. The lowest BCUT2D eigenvalue weighted by molar-refractivity contribution is -0.122. The van der Waals surface area contributed by atoms with Crippen LogP contribution in [0.4, 0.5) is 0 Å². The normalized spacial score (nSPS) is 10.6. The molecule has 0 aliphatic carbocycles. The number of fused-ring (bicyclic) bond motifs is 1. The number of aromatic nitrogens is 4. The predicted molar refractivity (Wildman–Crippen MR) is 106 cm³/mol. The molecule has 0 saturated heterocycles. The lowest BCUT2D eigenvalue weighted by Crippen LogP contribution is -2.44. The van der Waals surface area contributed by atoms with Crippen molar-refractivity contribution in [3.05, 3.63) is 83.0 Å². The zero-order valence-electron chi connectivity index (χ0n) is 15.1. The number of carbonyl (C=O) groups is 2. The van der Waals surface area contributed by atoms with Gasteiger partial charge in [-0.3, -0.25) is 34.9 Å². The number of amides is 2. The van der Waals surface area contributed by atoms with Gasteiger partial charge in [-0.2, -0.15) is 5.10 Å². The Morgan fingerprint density at radius 3 is 2.59 bits per heavy atom. The van der Waals surface area contributed by atoms with Gasteiger partial charge >= 0.3 is 0 Å². The van der Waals surface area contributed by atoms with Crippen molar-refractivity contribution in [2.75, 3.05) is 0 Å². The molecule has 9 nitrogen and oxygen atoms in total. The second-order valence-corrected chi connectivity index (χ2v) is 6.23. The van der Waals surface area contributed by atoms with Gasteiger partial charge in [0.2, 0.25) is 0 Å². The van der Waals surface area contributed by atoms with Crippen LogP contribution in [0, 0.1) is 0 Å². The topological polar surface area (TPSA) is 122 Å². The first-order valence-electron chi connectivity index (χ1n) is 8.76. The van der Waals surface area contributed by atoms with E-state index in [2.05, 4.69) is 26.0 Å². The van der Waals surface area contributed by atoms with E-state index in [0.717, 1.165) is 5.56 Å². The summed E-state index contributed by atoms with van der Waals surface area (Å²) in [6, 6.07) is 17.8. The van der Waals surface area contributed by atoms with E-state index in [9.17, 15) is 14.4 Å². The van der Waals surface area contributed by atoms with E-state index in [1.54, 1.807) is 30.3 Å². The molecule has 144 valence electrons. The molecule has 4 aromatic rings. The number of hydrogen-bond donors (Lipinski definition) is 3. The number of hydrogen-bond acceptors (Lipinski definition) is 5. The van der Waals surface area contributed by atoms with E-state index in [1.807, 2.05) is 30.3 Å². The number of carbonyl (C=O) groups excluding carboxylic acids is 2. The lowest BCUT2D eigenvalue weighted by atomic mass is 10.1. The third-order valence-electron chi connectivity index (χ3n) is 4.25. The molecule has 9 heteroatoms. The van der Waals surface area contributed by atoms with Gasteiger partial charge in [0.15, 0.2) is 0 Å². The first-order chi connectivity index (χ1) is 14.1. The second-order valence-electron chi connectivity index (χ2n) is 6.23. The van der Waals surface area contributed by atoms with Crippen LogP contribution in [0.3, 0.4) is 0 Å². The molecule has 0 spiro atoms. The van der Waals surface area contributed by atoms with E-state index < -0.39 is 11.8 Å². The van der Waals surface area contributed by atoms with Crippen LogP contribution < -0.4 is 16.4 Å². The van der Waals surface area contributed by atoms with Crippen molar-refractivity contribution in [3.8, 4) is 11.3 Å². The van der Waals surface area contributed by atoms with E-state index in [0.29, 0.717) is 16.6 Å². The number of H-pyrrole nitrogens is 1. The average Bonchev–Trinajstić information content (AvgIpc) is 3.25. The fourth-order valence-corrected chi connectivity index (χ4v) is 2.80. The zero-order chi connectivity index (χ0) is 20.2. The molecule has 2 heterocycles. The first kappa shape index (κ1) is 18.1. The van der Waals surface area contributed by atoms with Gasteiger partial charge in [0.1, 0.15) is 12.2 Å². The Morgan fingerprint density at radius 1 is 1.00 bits per heavy atom. The molecular formula is C20H16N6O3. The number of nitrogens with one attached hydrogen (secondary N) is 3. The van der Waals surface area contributed by atoms with Crippen LogP contribution in [0.15, 0.2) is 71.8 Å². The van der Waals surface area contributed by atoms with Crippen molar-refractivity contribution >= 4 is 22.7 Å². The molecule has 2 amide bonds. The van der Waals surface area contributed by atoms with E-state index in [-0.39, 0.29) is 17.8 Å². The molecular weight excluding hydrogens is 372 g/mol. The Labute approximate surface area is 164 Å². The monoisotopic (exact) mass is 388 g/mol. The summed E-state index contributed by atoms with van der Waals surface area (Å²) in [5, 5.41) is 7.13. The molecule has 2 aromatic heterocycles. The summed E-state index contributed by atoms with van der Waals surface area (Å²) in [7, 11) is 0. The van der Waals surface area contributed by atoms with Crippen molar-refractivity contribution in [2.45, 2.75) is 6.54 Å². The molecule has 3 N–H and O–H groups in total. The minimum atomic E-state index is -0.569. The van der Waals surface area contributed by atoms with E-state index >= 15 is 0 Å². The molecule has 0 aliphatic heterocycles. The molecule has 2 aromatic carbocycles. The smallest absolute Gasteiger partial charge is 0.287 e. The van der Waals surface area contributed by atoms with Crippen LogP contribution in [0.5, 0.6) is 0 Å². The van der Waals surface area contributed by atoms with Crippen molar-refractivity contribution < 1.29 is 9.59 Å². The molecule has 0 radical (unpaired) electrons. The number of benzene rings is 2. The van der Waals surface area contributed by atoms with Gasteiger partial charge in [-0.05, 0) is 18.2 Å². The predicted octanol–water partition coefficient (Wildman–Crippen LogP) is 1.25. The van der Waals surface area contributed by atoms with Crippen molar-refractivity contribution in [2.24, 2.45) is 0 Å². The summed E-state index contributed by atoms with van der Waals surface area (Å²) in [5.74, 6) is -1.13. The SMILES string of the molecule is O=C(Cn1cnc2ccccc2c1=O)NNC(=O)c1cc(-c2ccccc2)n[nH]1. The molecule has 4 rings (SSSR count). The van der Waals surface area contributed by atoms with E-state index in [1.165, 1.54) is 10.9 Å². The first-order valence-corrected chi connectivity index (χ1v) is 8.76. The zero-order valence-corrected chi connectivity index (χ0v) is 15.1. The van der Waals surface area contributed by atoms with Gasteiger partial charge in [0.05, 0.1) is 22.9 Å². The van der Waals surface area contributed by atoms with Crippen molar-refractivity contribution in [1.29, 1.82) is 0 Å². The van der Waals surface area contributed by atoms with Crippen molar-refractivity contribution in [1.82, 2.24) is 30.6 Å². The molecule has 29 heavy (non-hydrogen) atoms. The van der Waals surface area contributed by atoms with Crippen LogP contribution in [-0.2, 0) is 11.3 Å². The van der Waals surface area contributed by atoms with Crippen LogP contribution >= 0.6 is 0 Å². The van der Waals surface area contributed by atoms with Gasteiger partial charge in [-0.1, -0.05) is 42.5 Å². The highest BCUT2D eigenvalue weighted by Crippen LogP contribution is 2.16. The summed E-state index contributed by atoms with van der Waals surface area (Å²) < 4.78 is 1.17. The van der Waals surface area contributed by atoms with Gasteiger partial charge in [-0.15, -0.1) is 0 Å². The number of para-hydroxylation sites is 1. The third-order valence-corrected chi connectivity index (χ3v) is 4.25. The van der Waals surface area contributed by atoms with Crippen LogP contribution in [0.2, 0.25) is 0 Å². The maximum absolute atomic E-state index is 12.4. The highest BCUT2D eigenvalue weighted by Gasteiger charge is 2.13. The summed E-state index contributed by atoms with van der Waals surface area (Å²) in [4.78, 5) is 40.9. The third kappa shape index (κ3) is 3.88. The molecule has 0 unspecified atom stereocenters. The fourth-order valence-electron chi connectivity index (χ4n) is 2.80. The van der Waals surface area contributed by atoms with Crippen molar-refractivity contribution in [3.63, 3.8) is 0 Å². The Morgan fingerprint density at radius 2 is 1.76 bits per heavy atom. The molecule has 0 aliphatic rings. The number of aromatic amines is 1. The Hall–Kier alpha value is -4.27. The Bertz CT molecular complexity index is 1250. The Balaban J connectivity index is 1.39. The standard InChI is InChI=1S/C20H16N6O3/c27-18(11-26-12-21-15-9-5-4-8-14(15)20(26)29)24-25-19(28)17-10-16(22-23-17)13-6-2-1-3-7-13/h1-10,12H,11H2,(H,22,23)(H,24,27)(H,25,28). The minimum absolute atomic E-state index is 0.189. The number of hydrazine groups is 1. The average molecular weight is 388 g/mol.